The van der Waals surface area contributed by atoms with Gasteiger partial charge in [0.1, 0.15) is 6.07 Å². The van der Waals surface area contributed by atoms with E-state index in [9.17, 15) is 0 Å². The van der Waals surface area contributed by atoms with Gasteiger partial charge in [-0.25, -0.2) is 15.0 Å². The number of nitriles is 1. The van der Waals surface area contributed by atoms with Crippen molar-refractivity contribution in [2.45, 2.75) is 6.54 Å². The van der Waals surface area contributed by atoms with E-state index in [4.69, 9.17) is 5.26 Å². The van der Waals surface area contributed by atoms with Gasteiger partial charge >= 0.3 is 0 Å². The van der Waals surface area contributed by atoms with E-state index < -0.39 is 0 Å². The van der Waals surface area contributed by atoms with Crippen molar-refractivity contribution < 1.29 is 0 Å². The predicted octanol–water partition coefficient (Wildman–Crippen LogP) is 1.42. The number of nitrogens with one attached hydrogen (secondary N) is 1. The molecule has 74 valence electrons. The Kier molecular flexibility index (Phi) is 2.85. The summed E-state index contributed by atoms with van der Waals surface area (Å²) in [5.41, 5.74) is 2.99. The number of hydrogen-bond acceptors (Lipinski definition) is 6. The van der Waals surface area contributed by atoms with Crippen LogP contribution in [0, 0.1) is 11.3 Å². The molecule has 0 aromatic carbocycles. The van der Waals surface area contributed by atoms with E-state index in [2.05, 4.69) is 20.3 Å². The Hall–Kier alpha value is -2.00. The smallest absolute Gasteiger partial charge is 0.182 e. The normalized spacial score (nSPS) is 9.53. The number of rotatable bonds is 3. The van der Waals surface area contributed by atoms with Gasteiger partial charge in [-0.2, -0.15) is 5.26 Å². The van der Waals surface area contributed by atoms with Crippen LogP contribution < -0.4 is 5.32 Å². The van der Waals surface area contributed by atoms with E-state index in [0.29, 0.717) is 18.1 Å². The monoisotopic (exact) mass is 217 g/mol. The second kappa shape index (κ2) is 4.48. The van der Waals surface area contributed by atoms with Crippen LogP contribution in [0.25, 0.3) is 0 Å². The maximum absolute atomic E-state index is 8.77. The maximum atomic E-state index is 8.77. The minimum absolute atomic E-state index is 0.299. The molecule has 6 heteroatoms. The molecule has 2 aromatic rings. The van der Waals surface area contributed by atoms with Crippen molar-refractivity contribution in [1.82, 2.24) is 15.0 Å². The summed E-state index contributed by atoms with van der Waals surface area (Å²) >= 11 is 1.53. The summed E-state index contributed by atoms with van der Waals surface area (Å²) in [6.07, 6.45) is 3.04. The Bertz CT molecular complexity index is 473. The molecule has 0 aliphatic heterocycles. The van der Waals surface area contributed by atoms with Crippen molar-refractivity contribution >= 4 is 17.2 Å². The third kappa shape index (κ3) is 2.27. The lowest BCUT2D eigenvalue weighted by atomic mass is 10.4. The van der Waals surface area contributed by atoms with Crippen LogP contribution in [0.4, 0.5) is 5.82 Å². The summed E-state index contributed by atoms with van der Waals surface area (Å²) in [6.45, 7) is 0.552. The van der Waals surface area contributed by atoms with Gasteiger partial charge in [-0.05, 0) is 0 Å². The fraction of sp³-hybridized carbons (Fsp3) is 0.111. The standard InChI is InChI=1S/C9H7N5S/c10-3-8-9(12-2-1-11-8)13-4-7-5-15-6-14-7/h1-2,5-6H,4H2,(H,12,13). The second-order valence-corrected chi connectivity index (χ2v) is 3.42. The molecule has 2 heterocycles. The highest BCUT2D eigenvalue weighted by Gasteiger charge is 2.03. The molecule has 2 aromatic heterocycles. The van der Waals surface area contributed by atoms with Crippen LogP contribution in [0.2, 0.25) is 0 Å². The molecule has 0 aliphatic carbocycles. The van der Waals surface area contributed by atoms with Crippen molar-refractivity contribution in [3.8, 4) is 6.07 Å². The van der Waals surface area contributed by atoms with E-state index in [-0.39, 0.29) is 0 Å². The van der Waals surface area contributed by atoms with Gasteiger partial charge in [0.2, 0.25) is 0 Å². The molecule has 2 rings (SSSR count). The molecular weight excluding hydrogens is 210 g/mol. The number of aromatic nitrogens is 3. The number of hydrogen-bond donors (Lipinski definition) is 1. The number of thiazole rings is 1. The lowest BCUT2D eigenvalue weighted by Gasteiger charge is -2.03. The first-order chi connectivity index (χ1) is 7.40. The Labute approximate surface area is 90.5 Å². The zero-order valence-electron chi connectivity index (χ0n) is 7.71. The molecular formula is C9H7N5S. The van der Waals surface area contributed by atoms with Crippen LogP contribution in [0.1, 0.15) is 11.4 Å². The van der Waals surface area contributed by atoms with Crippen LogP contribution in [-0.2, 0) is 6.54 Å². The van der Waals surface area contributed by atoms with E-state index >= 15 is 0 Å². The molecule has 0 saturated carbocycles. The molecule has 0 unspecified atom stereocenters. The van der Waals surface area contributed by atoms with Gasteiger partial charge in [0.15, 0.2) is 11.5 Å². The second-order valence-electron chi connectivity index (χ2n) is 2.70. The molecule has 1 N–H and O–H groups in total. The fourth-order valence-corrected chi connectivity index (χ4v) is 1.61. The molecule has 0 atom stereocenters. The third-order valence-electron chi connectivity index (χ3n) is 1.72. The Morgan fingerprint density at radius 2 is 2.20 bits per heavy atom. The van der Waals surface area contributed by atoms with Crippen molar-refractivity contribution in [2.75, 3.05) is 5.32 Å². The molecule has 0 amide bonds. The summed E-state index contributed by atoms with van der Waals surface area (Å²) in [5.74, 6) is 0.494. The summed E-state index contributed by atoms with van der Waals surface area (Å²) < 4.78 is 0. The lowest BCUT2D eigenvalue weighted by Crippen LogP contribution is -2.04. The van der Waals surface area contributed by atoms with Crippen LogP contribution in [0.15, 0.2) is 23.3 Å². The summed E-state index contributed by atoms with van der Waals surface area (Å²) in [5, 5.41) is 13.7. The van der Waals surface area contributed by atoms with Gasteiger partial charge in [0.25, 0.3) is 0 Å². The van der Waals surface area contributed by atoms with Crippen LogP contribution >= 0.6 is 11.3 Å². The van der Waals surface area contributed by atoms with Gasteiger partial charge in [-0.3, -0.25) is 0 Å². The molecule has 0 aliphatic rings. The first kappa shape index (κ1) is 9.55. The number of nitrogens with zero attached hydrogens (tertiary/aromatic N) is 4. The molecule has 15 heavy (non-hydrogen) atoms. The Morgan fingerprint density at radius 1 is 1.33 bits per heavy atom. The largest absolute Gasteiger partial charge is 0.362 e. The highest BCUT2D eigenvalue weighted by molar-refractivity contribution is 7.07. The quantitative estimate of drug-likeness (QED) is 0.841. The minimum Gasteiger partial charge on any atom is -0.362 e. The van der Waals surface area contributed by atoms with Crippen LogP contribution in [0.5, 0.6) is 0 Å². The minimum atomic E-state index is 0.299. The summed E-state index contributed by atoms with van der Waals surface area (Å²) in [4.78, 5) is 12.0. The summed E-state index contributed by atoms with van der Waals surface area (Å²) in [6, 6.07) is 1.97. The van der Waals surface area contributed by atoms with E-state index in [1.165, 1.54) is 17.5 Å². The first-order valence-corrected chi connectivity index (χ1v) is 5.16. The molecule has 0 fully saturated rings. The Balaban J connectivity index is 2.08. The van der Waals surface area contributed by atoms with Gasteiger partial charge in [-0.15, -0.1) is 11.3 Å². The van der Waals surface area contributed by atoms with Crippen LogP contribution in [0.3, 0.4) is 0 Å². The highest BCUT2D eigenvalue weighted by atomic mass is 32.1. The molecule has 0 radical (unpaired) electrons. The first-order valence-electron chi connectivity index (χ1n) is 4.22. The molecule has 0 saturated heterocycles. The zero-order valence-corrected chi connectivity index (χ0v) is 8.53. The third-order valence-corrected chi connectivity index (χ3v) is 2.36. The van der Waals surface area contributed by atoms with Crippen molar-refractivity contribution in [3.63, 3.8) is 0 Å². The van der Waals surface area contributed by atoms with Gasteiger partial charge in [0.05, 0.1) is 17.7 Å². The summed E-state index contributed by atoms with van der Waals surface area (Å²) in [7, 11) is 0. The molecule has 0 spiro atoms. The average Bonchev–Trinajstić information content (AvgIpc) is 2.79. The van der Waals surface area contributed by atoms with Crippen molar-refractivity contribution in [2.24, 2.45) is 0 Å². The maximum Gasteiger partial charge on any atom is 0.182 e. The highest BCUT2D eigenvalue weighted by Crippen LogP contribution is 2.09. The Morgan fingerprint density at radius 3 is 2.93 bits per heavy atom. The molecule has 5 nitrogen and oxygen atoms in total. The van der Waals surface area contributed by atoms with Gasteiger partial charge < -0.3 is 5.32 Å². The van der Waals surface area contributed by atoms with Gasteiger partial charge in [-0.1, -0.05) is 0 Å². The number of anilines is 1. The van der Waals surface area contributed by atoms with E-state index in [1.807, 2.05) is 11.4 Å². The zero-order chi connectivity index (χ0) is 10.5. The molecule has 0 bridgehead atoms. The average molecular weight is 217 g/mol. The topological polar surface area (TPSA) is 74.5 Å². The lowest BCUT2D eigenvalue weighted by molar-refractivity contribution is 1.03. The van der Waals surface area contributed by atoms with E-state index in [1.54, 1.807) is 11.7 Å². The van der Waals surface area contributed by atoms with Crippen LogP contribution in [-0.4, -0.2) is 15.0 Å². The van der Waals surface area contributed by atoms with E-state index in [0.717, 1.165) is 5.69 Å². The van der Waals surface area contributed by atoms with Crippen molar-refractivity contribution in [3.05, 3.63) is 34.7 Å². The fourth-order valence-electron chi connectivity index (χ4n) is 1.05. The van der Waals surface area contributed by atoms with Gasteiger partial charge in [0, 0.05) is 17.8 Å². The van der Waals surface area contributed by atoms with Crippen molar-refractivity contribution in [1.29, 1.82) is 5.26 Å². The SMILES string of the molecule is N#Cc1nccnc1NCc1cscn1. The predicted molar refractivity (Wildman–Crippen MR) is 56.2 cm³/mol.